The molecular weight excluding hydrogens is 258 g/mol. The van der Waals surface area contributed by atoms with Crippen LogP contribution >= 0.6 is 0 Å². The van der Waals surface area contributed by atoms with Crippen molar-refractivity contribution in [2.75, 3.05) is 5.32 Å². The Morgan fingerprint density at radius 1 is 0.905 bits per heavy atom. The summed E-state index contributed by atoms with van der Waals surface area (Å²) in [5.41, 5.74) is 3.66. The molecule has 1 aromatic heterocycles. The van der Waals surface area contributed by atoms with Gasteiger partial charge in [0.15, 0.2) is 0 Å². The molecule has 3 rings (SSSR count). The summed E-state index contributed by atoms with van der Waals surface area (Å²) in [4.78, 5) is 0. The van der Waals surface area contributed by atoms with Gasteiger partial charge in [-0.1, -0.05) is 55.5 Å². The minimum absolute atomic E-state index is 0.0221. The van der Waals surface area contributed by atoms with Crippen molar-refractivity contribution in [2.24, 2.45) is 0 Å². The fourth-order valence-electron chi connectivity index (χ4n) is 2.54. The number of nitrogens with one attached hydrogen (secondary N) is 1. The van der Waals surface area contributed by atoms with E-state index in [1.807, 2.05) is 18.2 Å². The van der Waals surface area contributed by atoms with E-state index in [2.05, 4.69) is 60.8 Å². The molecule has 0 bridgehead atoms. The molecule has 1 N–H and O–H groups in total. The zero-order chi connectivity index (χ0) is 14.5. The van der Waals surface area contributed by atoms with E-state index in [0.717, 1.165) is 17.9 Å². The molecule has 2 heteroatoms. The van der Waals surface area contributed by atoms with Crippen LogP contribution in [0.5, 0.6) is 0 Å². The van der Waals surface area contributed by atoms with E-state index < -0.39 is 0 Å². The molecule has 2 nitrogen and oxygen atoms in total. The highest BCUT2D eigenvalue weighted by molar-refractivity contribution is 5.54. The summed E-state index contributed by atoms with van der Waals surface area (Å²) in [6, 6.07) is 22.8. The number of hydrogen-bond donors (Lipinski definition) is 1. The summed E-state index contributed by atoms with van der Waals surface area (Å²) in [6.07, 6.45) is 2.72. The molecule has 0 aliphatic carbocycles. The Hall–Kier alpha value is -2.48. The molecule has 0 aliphatic rings. The zero-order valence-corrected chi connectivity index (χ0v) is 12.1. The molecule has 3 aromatic rings. The van der Waals surface area contributed by atoms with Gasteiger partial charge in [-0.15, -0.1) is 0 Å². The molecule has 0 saturated heterocycles. The van der Waals surface area contributed by atoms with Gasteiger partial charge in [-0.3, -0.25) is 0 Å². The predicted molar refractivity (Wildman–Crippen MR) is 86.4 cm³/mol. The quantitative estimate of drug-likeness (QED) is 0.706. The fraction of sp³-hybridized carbons (Fsp3) is 0.158. The van der Waals surface area contributed by atoms with Crippen molar-refractivity contribution >= 4 is 5.69 Å². The molecule has 2 aromatic carbocycles. The van der Waals surface area contributed by atoms with Crippen molar-refractivity contribution in [2.45, 2.75) is 19.4 Å². The fourth-order valence-corrected chi connectivity index (χ4v) is 2.54. The first-order valence-corrected chi connectivity index (χ1v) is 7.31. The van der Waals surface area contributed by atoms with Crippen LogP contribution < -0.4 is 5.32 Å². The summed E-state index contributed by atoms with van der Waals surface area (Å²) in [7, 11) is 0. The Balaban J connectivity index is 1.97. The van der Waals surface area contributed by atoms with Crippen molar-refractivity contribution in [3.05, 3.63) is 89.9 Å². The van der Waals surface area contributed by atoms with Crippen molar-refractivity contribution in [1.82, 2.24) is 0 Å². The standard InChI is InChI=1S/C19H19NO/c1-2-15-9-6-7-12-17(15)20-19(18-13-8-14-21-18)16-10-4-3-5-11-16/h3-14,19-20H,2H2,1H3. The number of aryl methyl sites for hydroxylation is 1. The van der Waals surface area contributed by atoms with E-state index >= 15 is 0 Å². The van der Waals surface area contributed by atoms with Crippen molar-refractivity contribution < 1.29 is 4.42 Å². The third-order valence-corrected chi connectivity index (χ3v) is 3.66. The van der Waals surface area contributed by atoms with Gasteiger partial charge in [0.1, 0.15) is 11.8 Å². The molecule has 0 spiro atoms. The first-order chi connectivity index (χ1) is 10.4. The molecule has 0 aliphatic heterocycles. The van der Waals surface area contributed by atoms with Gasteiger partial charge in [0.2, 0.25) is 0 Å². The normalized spacial score (nSPS) is 12.0. The third kappa shape index (κ3) is 3.00. The largest absolute Gasteiger partial charge is 0.467 e. The molecule has 1 heterocycles. The van der Waals surface area contributed by atoms with Crippen LogP contribution in [0.1, 0.15) is 29.9 Å². The first-order valence-electron chi connectivity index (χ1n) is 7.31. The SMILES string of the molecule is CCc1ccccc1NC(c1ccccc1)c1ccco1. The van der Waals surface area contributed by atoms with E-state index in [9.17, 15) is 0 Å². The van der Waals surface area contributed by atoms with Crippen molar-refractivity contribution in [3.63, 3.8) is 0 Å². The van der Waals surface area contributed by atoms with Crippen LogP contribution in [0.3, 0.4) is 0 Å². The highest BCUT2D eigenvalue weighted by atomic mass is 16.3. The van der Waals surface area contributed by atoms with Crippen LogP contribution in [0.4, 0.5) is 5.69 Å². The Morgan fingerprint density at radius 2 is 1.67 bits per heavy atom. The Morgan fingerprint density at radius 3 is 2.38 bits per heavy atom. The number of benzene rings is 2. The van der Waals surface area contributed by atoms with Crippen LogP contribution in [0.25, 0.3) is 0 Å². The van der Waals surface area contributed by atoms with Crippen LogP contribution in [0.15, 0.2) is 77.4 Å². The predicted octanol–water partition coefficient (Wildman–Crippen LogP) is 5.04. The minimum Gasteiger partial charge on any atom is -0.467 e. The van der Waals surface area contributed by atoms with Gasteiger partial charge in [-0.05, 0) is 35.7 Å². The van der Waals surface area contributed by atoms with Crippen LogP contribution in [0, 0.1) is 0 Å². The van der Waals surface area contributed by atoms with Crippen LogP contribution in [0.2, 0.25) is 0 Å². The Kier molecular flexibility index (Phi) is 4.06. The van der Waals surface area contributed by atoms with Crippen molar-refractivity contribution in [3.8, 4) is 0 Å². The second kappa shape index (κ2) is 6.31. The molecule has 21 heavy (non-hydrogen) atoms. The maximum Gasteiger partial charge on any atom is 0.130 e. The van der Waals surface area contributed by atoms with Gasteiger partial charge in [0.25, 0.3) is 0 Å². The molecule has 106 valence electrons. The lowest BCUT2D eigenvalue weighted by molar-refractivity contribution is 0.499. The van der Waals surface area contributed by atoms with Gasteiger partial charge in [-0.25, -0.2) is 0 Å². The third-order valence-electron chi connectivity index (χ3n) is 3.66. The lowest BCUT2D eigenvalue weighted by Gasteiger charge is -2.20. The maximum atomic E-state index is 5.63. The molecular formula is C19H19NO. The highest BCUT2D eigenvalue weighted by Crippen LogP contribution is 2.28. The van der Waals surface area contributed by atoms with Crippen LogP contribution in [-0.4, -0.2) is 0 Å². The topological polar surface area (TPSA) is 25.2 Å². The summed E-state index contributed by atoms with van der Waals surface area (Å²) >= 11 is 0. The molecule has 0 fully saturated rings. The first kappa shape index (κ1) is 13.5. The smallest absolute Gasteiger partial charge is 0.130 e. The minimum atomic E-state index is 0.0221. The van der Waals surface area contributed by atoms with Gasteiger partial charge in [0, 0.05) is 5.69 Å². The Bertz CT molecular complexity index is 674. The molecule has 1 unspecified atom stereocenters. The summed E-state index contributed by atoms with van der Waals surface area (Å²) in [6.45, 7) is 2.17. The van der Waals surface area contributed by atoms with Gasteiger partial charge >= 0.3 is 0 Å². The number of rotatable bonds is 5. The summed E-state index contributed by atoms with van der Waals surface area (Å²) in [5.74, 6) is 0.923. The number of furan rings is 1. The van der Waals surface area contributed by atoms with E-state index in [4.69, 9.17) is 4.42 Å². The van der Waals surface area contributed by atoms with Crippen LogP contribution in [-0.2, 0) is 6.42 Å². The summed E-state index contributed by atoms with van der Waals surface area (Å²) < 4.78 is 5.63. The lowest BCUT2D eigenvalue weighted by Crippen LogP contribution is -2.12. The van der Waals surface area contributed by atoms with Crippen molar-refractivity contribution in [1.29, 1.82) is 0 Å². The molecule has 0 radical (unpaired) electrons. The lowest BCUT2D eigenvalue weighted by atomic mass is 10.0. The van der Waals surface area contributed by atoms with Gasteiger partial charge in [-0.2, -0.15) is 0 Å². The van der Waals surface area contributed by atoms with E-state index in [-0.39, 0.29) is 6.04 Å². The van der Waals surface area contributed by atoms with E-state index in [1.54, 1.807) is 6.26 Å². The maximum absolute atomic E-state index is 5.63. The number of hydrogen-bond acceptors (Lipinski definition) is 2. The molecule has 0 amide bonds. The second-order valence-corrected chi connectivity index (χ2v) is 5.01. The van der Waals surface area contributed by atoms with Gasteiger partial charge < -0.3 is 9.73 Å². The average molecular weight is 277 g/mol. The molecule has 0 saturated carbocycles. The second-order valence-electron chi connectivity index (χ2n) is 5.01. The Labute approximate surface area is 125 Å². The number of anilines is 1. The zero-order valence-electron chi connectivity index (χ0n) is 12.1. The average Bonchev–Trinajstić information content (AvgIpc) is 3.08. The van der Waals surface area contributed by atoms with E-state index in [0.29, 0.717) is 0 Å². The highest BCUT2D eigenvalue weighted by Gasteiger charge is 2.17. The monoisotopic (exact) mass is 277 g/mol. The van der Waals surface area contributed by atoms with Gasteiger partial charge in [0.05, 0.1) is 6.26 Å². The number of para-hydroxylation sites is 1. The molecule has 1 atom stereocenters. The van der Waals surface area contributed by atoms with E-state index in [1.165, 1.54) is 11.1 Å². The summed E-state index contributed by atoms with van der Waals surface area (Å²) in [5, 5.41) is 3.62.